The highest BCUT2D eigenvalue weighted by molar-refractivity contribution is 6.44. The number of benzene rings is 1. The summed E-state index contributed by atoms with van der Waals surface area (Å²) in [5.41, 5.74) is 0.350. The SMILES string of the molecule is CCCCCCCCCCCOC(=O)c1ccccc1C(=O)OCC(Cl)Cl. The van der Waals surface area contributed by atoms with Gasteiger partial charge in [0.05, 0.1) is 17.7 Å². The molecule has 0 saturated heterocycles. The van der Waals surface area contributed by atoms with Crippen molar-refractivity contribution in [3.63, 3.8) is 0 Å². The van der Waals surface area contributed by atoms with Crippen LogP contribution in [-0.2, 0) is 9.47 Å². The normalized spacial score (nSPS) is 10.8. The average Bonchev–Trinajstić information content (AvgIpc) is 2.67. The fourth-order valence-corrected chi connectivity index (χ4v) is 2.84. The van der Waals surface area contributed by atoms with Crippen LogP contribution in [0.2, 0.25) is 0 Å². The number of carbonyl (C=O) groups excluding carboxylic acids is 2. The molecule has 152 valence electrons. The summed E-state index contributed by atoms with van der Waals surface area (Å²) in [5, 5.41) is 0. The van der Waals surface area contributed by atoms with Gasteiger partial charge in [0.2, 0.25) is 0 Å². The van der Waals surface area contributed by atoms with Gasteiger partial charge in [-0.15, -0.1) is 23.2 Å². The van der Waals surface area contributed by atoms with Crippen LogP contribution in [0.25, 0.3) is 0 Å². The fourth-order valence-electron chi connectivity index (χ4n) is 2.71. The van der Waals surface area contributed by atoms with E-state index in [0.717, 1.165) is 19.3 Å². The Morgan fingerprint density at radius 1 is 0.815 bits per heavy atom. The van der Waals surface area contributed by atoms with Gasteiger partial charge in [-0.05, 0) is 18.6 Å². The monoisotopic (exact) mass is 416 g/mol. The predicted molar refractivity (Wildman–Crippen MR) is 110 cm³/mol. The van der Waals surface area contributed by atoms with Crippen LogP contribution in [0.4, 0.5) is 0 Å². The summed E-state index contributed by atoms with van der Waals surface area (Å²) >= 11 is 11.1. The Balaban J connectivity index is 2.29. The maximum absolute atomic E-state index is 12.3. The van der Waals surface area contributed by atoms with Crippen molar-refractivity contribution in [2.75, 3.05) is 13.2 Å². The lowest BCUT2D eigenvalue weighted by molar-refractivity contribution is 0.0460. The molecule has 6 heteroatoms. The minimum Gasteiger partial charge on any atom is -0.462 e. The van der Waals surface area contributed by atoms with E-state index in [1.807, 2.05) is 0 Å². The van der Waals surface area contributed by atoms with E-state index >= 15 is 0 Å². The highest BCUT2D eigenvalue weighted by Crippen LogP contribution is 2.14. The lowest BCUT2D eigenvalue weighted by atomic mass is 10.1. The van der Waals surface area contributed by atoms with Gasteiger partial charge in [0.15, 0.2) is 0 Å². The summed E-state index contributed by atoms with van der Waals surface area (Å²) < 4.78 is 10.3. The highest BCUT2D eigenvalue weighted by atomic mass is 35.5. The van der Waals surface area contributed by atoms with Crippen molar-refractivity contribution in [2.45, 2.75) is 69.5 Å². The summed E-state index contributed by atoms with van der Waals surface area (Å²) in [6.07, 6.45) is 10.8. The van der Waals surface area contributed by atoms with E-state index < -0.39 is 16.8 Å². The van der Waals surface area contributed by atoms with Crippen LogP contribution in [0.5, 0.6) is 0 Å². The van der Waals surface area contributed by atoms with Crippen LogP contribution >= 0.6 is 23.2 Å². The van der Waals surface area contributed by atoms with Crippen molar-refractivity contribution >= 4 is 35.1 Å². The summed E-state index contributed by atoms with van der Waals surface area (Å²) in [4.78, 5) is 23.5. The third-order valence-electron chi connectivity index (χ3n) is 4.19. The smallest absolute Gasteiger partial charge is 0.339 e. The van der Waals surface area contributed by atoms with E-state index in [-0.39, 0.29) is 17.7 Å². The highest BCUT2D eigenvalue weighted by Gasteiger charge is 2.19. The predicted octanol–water partition coefficient (Wildman–Crippen LogP) is 6.33. The molecule has 0 aromatic heterocycles. The van der Waals surface area contributed by atoms with E-state index in [9.17, 15) is 9.59 Å². The van der Waals surface area contributed by atoms with Crippen LogP contribution in [0.3, 0.4) is 0 Å². The molecule has 0 N–H and O–H groups in total. The van der Waals surface area contributed by atoms with Crippen LogP contribution < -0.4 is 0 Å². The van der Waals surface area contributed by atoms with Crippen LogP contribution in [-0.4, -0.2) is 30.0 Å². The molecular weight excluding hydrogens is 387 g/mol. The minimum absolute atomic E-state index is 0.135. The van der Waals surface area contributed by atoms with Gasteiger partial charge in [-0.25, -0.2) is 9.59 Å². The van der Waals surface area contributed by atoms with Crippen molar-refractivity contribution in [3.05, 3.63) is 35.4 Å². The molecule has 0 bridgehead atoms. The number of esters is 2. The van der Waals surface area contributed by atoms with Crippen LogP contribution in [0.15, 0.2) is 24.3 Å². The largest absolute Gasteiger partial charge is 0.462 e. The van der Waals surface area contributed by atoms with Crippen molar-refractivity contribution in [1.82, 2.24) is 0 Å². The lowest BCUT2D eigenvalue weighted by Gasteiger charge is -2.10. The van der Waals surface area contributed by atoms with E-state index in [1.54, 1.807) is 18.2 Å². The molecule has 4 nitrogen and oxygen atoms in total. The number of carbonyl (C=O) groups is 2. The Hall–Kier alpha value is -1.26. The van der Waals surface area contributed by atoms with Gasteiger partial charge in [0, 0.05) is 0 Å². The third kappa shape index (κ3) is 10.6. The quantitative estimate of drug-likeness (QED) is 0.202. The average molecular weight is 417 g/mol. The molecule has 0 radical (unpaired) electrons. The molecule has 0 aliphatic carbocycles. The van der Waals surface area contributed by atoms with Gasteiger partial charge in [-0.3, -0.25) is 0 Å². The number of rotatable bonds is 14. The first kappa shape index (κ1) is 23.8. The second kappa shape index (κ2) is 14.8. The van der Waals surface area contributed by atoms with Gasteiger partial charge in [-0.2, -0.15) is 0 Å². The van der Waals surface area contributed by atoms with E-state index in [1.165, 1.54) is 44.6 Å². The number of ether oxygens (including phenoxy) is 2. The van der Waals surface area contributed by atoms with Gasteiger partial charge in [-0.1, -0.05) is 70.4 Å². The van der Waals surface area contributed by atoms with Gasteiger partial charge in [0.1, 0.15) is 11.4 Å². The Labute approximate surface area is 172 Å². The topological polar surface area (TPSA) is 52.6 Å². The van der Waals surface area contributed by atoms with Crippen molar-refractivity contribution in [2.24, 2.45) is 0 Å². The number of halogens is 2. The molecule has 1 aromatic carbocycles. The molecule has 0 spiro atoms. The zero-order chi connectivity index (χ0) is 19.9. The number of unbranched alkanes of at least 4 members (excludes halogenated alkanes) is 8. The molecule has 0 fully saturated rings. The Morgan fingerprint density at radius 2 is 1.30 bits per heavy atom. The van der Waals surface area contributed by atoms with Crippen LogP contribution in [0.1, 0.15) is 85.4 Å². The van der Waals surface area contributed by atoms with Gasteiger partial charge in [0.25, 0.3) is 0 Å². The number of alkyl halides is 2. The Morgan fingerprint density at radius 3 is 1.81 bits per heavy atom. The van der Waals surface area contributed by atoms with E-state index in [4.69, 9.17) is 32.7 Å². The molecule has 0 aliphatic rings. The number of hydrogen-bond acceptors (Lipinski definition) is 4. The molecular formula is C21H30Cl2O4. The van der Waals surface area contributed by atoms with E-state index in [0.29, 0.717) is 6.61 Å². The molecule has 0 saturated carbocycles. The summed E-state index contributed by atoms with van der Waals surface area (Å²) in [6, 6.07) is 6.41. The van der Waals surface area contributed by atoms with E-state index in [2.05, 4.69) is 6.92 Å². The van der Waals surface area contributed by atoms with Crippen LogP contribution in [0, 0.1) is 0 Å². The maximum atomic E-state index is 12.3. The zero-order valence-electron chi connectivity index (χ0n) is 16.1. The molecule has 27 heavy (non-hydrogen) atoms. The summed E-state index contributed by atoms with van der Waals surface area (Å²) in [6.45, 7) is 2.44. The van der Waals surface area contributed by atoms with Crippen molar-refractivity contribution in [3.8, 4) is 0 Å². The maximum Gasteiger partial charge on any atom is 0.339 e. The zero-order valence-corrected chi connectivity index (χ0v) is 17.6. The fraction of sp³-hybridized carbons (Fsp3) is 0.619. The molecule has 0 aliphatic heterocycles. The molecule has 1 aromatic rings. The molecule has 0 unspecified atom stereocenters. The summed E-state index contributed by atoms with van der Waals surface area (Å²) in [7, 11) is 0. The standard InChI is InChI=1S/C21H30Cl2O4/c1-2-3-4-5-6-7-8-9-12-15-26-20(24)17-13-10-11-14-18(17)21(25)27-16-19(22)23/h10-11,13-14,19H,2-9,12,15-16H2,1H3. The van der Waals surface area contributed by atoms with Gasteiger partial charge >= 0.3 is 11.9 Å². The number of hydrogen-bond donors (Lipinski definition) is 0. The lowest BCUT2D eigenvalue weighted by Crippen LogP contribution is -2.16. The first-order valence-corrected chi connectivity index (χ1v) is 10.6. The Bertz CT molecular complexity index is 561. The molecule has 1 rings (SSSR count). The third-order valence-corrected chi connectivity index (χ3v) is 4.44. The minimum atomic E-state index is -0.806. The first-order chi connectivity index (χ1) is 13.1. The Kier molecular flexibility index (Phi) is 13.0. The molecule has 0 atom stereocenters. The van der Waals surface area contributed by atoms with Gasteiger partial charge < -0.3 is 9.47 Å². The van der Waals surface area contributed by atoms with Crippen molar-refractivity contribution in [1.29, 1.82) is 0 Å². The molecule has 0 heterocycles. The second-order valence-corrected chi connectivity index (χ2v) is 7.78. The summed E-state index contributed by atoms with van der Waals surface area (Å²) in [5.74, 6) is -1.16. The first-order valence-electron chi connectivity index (χ1n) is 9.77. The van der Waals surface area contributed by atoms with Crippen molar-refractivity contribution < 1.29 is 19.1 Å². The molecule has 0 amide bonds. The second-order valence-electron chi connectivity index (χ2n) is 6.50.